The van der Waals surface area contributed by atoms with Crippen molar-refractivity contribution in [1.29, 1.82) is 0 Å². The van der Waals surface area contributed by atoms with E-state index in [9.17, 15) is 9.59 Å². The number of nitrogens with zero attached hydrogens (tertiary/aromatic N) is 1. The molecule has 1 N–H and O–H groups in total. The number of anilines is 1. The van der Waals surface area contributed by atoms with Crippen LogP contribution in [0.25, 0.3) is 0 Å². The smallest absolute Gasteiger partial charge is 0.236 e. The van der Waals surface area contributed by atoms with Gasteiger partial charge in [-0.05, 0) is 48.6 Å². The number of para-hydroxylation sites is 1. The average molecular weight is 326 g/mol. The zero-order valence-electron chi connectivity index (χ0n) is 12.2. The molecule has 1 aliphatic rings. The number of ether oxygens (including phenoxy) is 1. The van der Waals surface area contributed by atoms with Crippen molar-refractivity contribution in [2.24, 2.45) is 0 Å². The molecule has 2 aromatic carbocycles. The van der Waals surface area contributed by atoms with Gasteiger partial charge >= 0.3 is 0 Å². The topological polar surface area (TPSA) is 58.6 Å². The van der Waals surface area contributed by atoms with Crippen LogP contribution in [0.15, 0.2) is 54.6 Å². The van der Waals surface area contributed by atoms with Crippen molar-refractivity contribution in [3.05, 3.63) is 54.6 Å². The number of hydrogen-bond acceptors (Lipinski definition) is 4. The lowest BCUT2D eigenvalue weighted by Gasteiger charge is -2.16. The number of amides is 2. The molecule has 0 atom stereocenters. The van der Waals surface area contributed by atoms with E-state index in [1.165, 1.54) is 0 Å². The molecule has 0 bridgehead atoms. The molecule has 0 aliphatic carbocycles. The maximum atomic E-state index is 11.6. The minimum absolute atomic E-state index is 0.106. The molecule has 2 amide bonds. The van der Waals surface area contributed by atoms with E-state index in [2.05, 4.69) is 5.32 Å². The largest absolute Gasteiger partial charge is 0.457 e. The summed E-state index contributed by atoms with van der Waals surface area (Å²) in [6, 6.07) is 16.6. The van der Waals surface area contributed by atoms with E-state index in [0.717, 1.165) is 10.6 Å². The van der Waals surface area contributed by atoms with E-state index in [-0.39, 0.29) is 29.8 Å². The Morgan fingerprint density at radius 3 is 2.09 bits per heavy atom. The fourth-order valence-electron chi connectivity index (χ4n) is 2.21. The van der Waals surface area contributed by atoms with Crippen LogP contribution in [0.2, 0.25) is 0 Å². The molecule has 0 radical (unpaired) electrons. The standard InChI is InChI=1S/C17H14N2O3S/c20-15-10-11-16(21)19(15)17(23)18-12-6-8-14(9-7-12)22-13-4-2-1-3-5-13/h1-9H,10-11H2,(H,18,23). The highest BCUT2D eigenvalue weighted by molar-refractivity contribution is 7.80. The van der Waals surface area contributed by atoms with Crippen LogP contribution in [0.1, 0.15) is 12.8 Å². The lowest BCUT2D eigenvalue weighted by molar-refractivity contribution is -0.133. The van der Waals surface area contributed by atoms with E-state index in [0.29, 0.717) is 11.4 Å². The zero-order chi connectivity index (χ0) is 16.2. The van der Waals surface area contributed by atoms with Gasteiger partial charge in [0.15, 0.2) is 5.11 Å². The van der Waals surface area contributed by atoms with E-state index in [1.807, 2.05) is 30.3 Å². The van der Waals surface area contributed by atoms with Gasteiger partial charge in [-0.25, -0.2) is 4.90 Å². The van der Waals surface area contributed by atoms with Crippen LogP contribution in [-0.4, -0.2) is 21.8 Å². The van der Waals surface area contributed by atoms with E-state index < -0.39 is 0 Å². The summed E-state index contributed by atoms with van der Waals surface area (Å²) in [5, 5.41) is 3.00. The fourth-order valence-corrected chi connectivity index (χ4v) is 2.53. The van der Waals surface area contributed by atoms with Crippen LogP contribution in [0.5, 0.6) is 11.5 Å². The van der Waals surface area contributed by atoms with Crippen LogP contribution >= 0.6 is 12.2 Å². The number of thiocarbonyl (C=S) groups is 1. The van der Waals surface area contributed by atoms with Gasteiger partial charge in [0, 0.05) is 18.5 Å². The summed E-state index contributed by atoms with van der Waals surface area (Å²) < 4.78 is 5.69. The molecule has 116 valence electrons. The monoisotopic (exact) mass is 326 g/mol. The Hall–Kier alpha value is -2.73. The minimum atomic E-state index is -0.267. The van der Waals surface area contributed by atoms with Crippen molar-refractivity contribution in [2.75, 3.05) is 5.32 Å². The molecule has 1 heterocycles. The molecule has 2 aromatic rings. The molecular formula is C17H14N2O3S. The second-order valence-electron chi connectivity index (χ2n) is 4.99. The summed E-state index contributed by atoms with van der Waals surface area (Å²) in [5.74, 6) is 0.894. The van der Waals surface area contributed by atoms with Gasteiger partial charge in [0.05, 0.1) is 0 Å². The number of likely N-dealkylation sites (tertiary alicyclic amines) is 1. The van der Waals surface area contributed by atoms with Crippen LogP contribution in [0, 0.1) is 0 Å². The third-order valence-corrected chi connectivity index (χ3v) is 3.62. The van der Waals surface area contributed by atoms with E-state index >= 15 is 0 Å². The molecule has 23 heavy (non-hydrogen) atoms. The van der Waals surface area contributed by atoms with Crippen molar-refractivity contribution < 1.29 is 14.3 Å². The number of hydrogen-bond donors (Lipinski definition) is 1. The maximum absolute atomic E-state index is 11.6. The second kappa shape index (κ2) is 6.58. The molecule has 1 saturated heterocycles. The van der Waals surface area contributed by atoms with Crippen molar-refractivity contribution >= 4 is 34.8 Å². The highest BCUT2D eigenvalue weighted by Gasteiger charge is 2.32. The predicted octanol–water partition coefficient (Wildman–Crippen LogP) is 3.32. The number of carbonyl (C=O) groups is 2. The zero-order valence-corrected chi connectivity index (χ0v) is 13.0. The van der Waals surface area contributed by atoms with Crippen molar-refractivity contribution in [3.63, 3.8) is 0 Å². The van der Waals surface area contributed by atoms with Gasteiger partial charge < -0.3 is 10.1 Å². The van der Waals surface area contributed by atoms with Crippen LogP contribution in [0.3, 0.4) is 0 Å². The number of benzene rings is 2. The molecular weight excluding hydrogens is 312 g/mol. The normalized spacial score (nSPS) is 14.0. The number of nitrogens with one attached hydrogen (secondary N) is 1. The molecule has 0 spiro atoms. The number of imide groups is 1. The van der Waals surface area contributed by atoms with Gasteiger partial charge in [-0.3, -0.25) is 9.59 Å². The summed E-state index contributed by atoms with van der Waals surface area (Å²) in [7, 11) is 0. The van der Waals surface area contributed by atoms with Gasteiger partial charge in [0.25, 0.3) is 0 Å². The predicted molar refractivity (Wildman–Crippen MR) is 90.3 cm³/mol. The highest BCUT2D eigenvalue weighted by Crippen LogP contribution is 2.23. The quantitative estimate of drug-likeness (QED) is 0.692. The summed E-state index contributed by atoms with van der Waals surface area (Å²) in [6.07, 6.45) is 0.426. The van der Waals surface area contributed by atoms with Crippen LogP contribution in [0.4, 0.5) is 5.69 Å². The fraction of sp³-hybridized carbons (Fsp3) is 0.118. The Balaban J connectivity index is 1.64. The van der Waals surface area contributed by atoms with E-state index in [1.54, 1.807) is 24.3 Å². The van der Waals surface area contributed by atoms with Gasteiger partial charge in [-0.2, -0.15) is 0 Å². The first kappa shape index (κ1) is 15.2. The minimum Gasteiger partial charge on any atom is -0.457 e. The Morgan fingerprint density at radius 2 is 1.48 bits per heavy atom. The summed E-state index contributed by atoms with van der Waals surface area (Å²) in [4.78, 5) is 24.3. The lowest BCUT2D eigenvalue weighted by atomic mass is 10.3. The van der Waals surface area contributed by atoms with Crippen molar-refractivity contribution in [1.82, 2.24) is 4.90 Å². The lowest BCUT2D eigenvalue weighted by Crippen LogP contribution is -2.38. The van der Waals surface area contributed by atoms with Gasteiger partial charge in [0.1, 0.15) is 11.5 Å². The molecule has 5 nitrogen and oxygen atoms in total. The molecule has 1 aliphatic heterocycles. The molecule has 1 fully saturated rings. The number of carbonyl (C=O) groups excluding carboxylic acids is 2. The first-order valence-electron chi connectivity index (χ1n) is 7.13. The van der Waals surface area contributed by atoms with Crippen molar-refractivity contribution in [3.8, 4) is 11.5 Å². The van der Waals surface area contributed by atoms with Crippen LogP contribution in [-0.2, 0) is 9.59 Å². The van der Waals surface area contributed by atoms with E-state index in [4.69, 9.17) is 17.0 Å². The Bertz CT molecular complexity index is 728. The maximum Gasteiger partial charge on any atom is 0.236 e. The first-order chi connectivity index (χ1) is 11.1. The molecule has 0 saturated carbocycles. The van der Waals surface area contributed by atoms with Gasteiger partial charge in [-0.1, -0.05) is 18.2 Å². The highest BCUT2D eigenvalue weighted by atomic mass is 32.1. The van der Waals surface area contributed by atoms with Crippen molar-refractivity contribution in [2.45, 2.75) is 12.8 Å². The van der Waals surface area contributed by atoms with Gasteiger partial charge in [0.2, 0.25) is 11.8 Å². The Kier molecular flexibility index (Phi) is 4.34. The summed E-state index contributed by atoms with van der Waals surface area (Å²) >= 11 is 5.13. The SMILES string of the molecule is O=C1CCC(=O)N1C(=S)Nc1ccc(Oc2ccccc2)cc1. The third-order valence-electron chi connectivity index (χ3n) is 3.34. The van der Waals surface area contributed by atoms with Gasteiger partial charge in [-0.15, -0.1) is 0 Å². The average Bonchev–Trinajstić information content (AvgIpc) is 2.89. The first-order valence-corrected chi connectivity index (χ1v) is 7.54. The second-order valence-corrected chi connectivity index (χ2v) is 5.38. The number of rotatable bonds is 3. The molecule has 6 heteroatoms. The Labute approximate surface area is 138 Å². The molecule has 0 aromatic heterocycles. The van der Waals surface area contributed by atoms with Crippen LogP contribution < -0.4 is 10.1 Å². The summed E-state index contributed by atoms with van der Waals surface area (Å²) in [5.41, 5.74) is 0.683. The summed E-state index contributed by atoms with van der Waals surface area (Å²) in [6.45, 7) is 0. The molecule has 3 rings (SSSR count). The third kappa shape index (κ3) is 3.54. The molecule has 0 unspecified atom stereocenters. The Morgan fingerprint density at radius 1 is 0.913 bits per heavy atom.